The summed E-state index contributed by atoms with van der Waals surface area (Å²) < 4.78 is 5.06. The van der Waals surface area contributed by atoms with E-state index in [1.165, 1.54) is 13.3 Å². The molecule has 0 amide bonds. The summed E-state index contributed by atoms with van der Waals surface area (Å²) in [4.78, 5) is 15.0. The number of aliphatic carboxylic acids is 1. The Morgan fingerprint density at radius 3 is 2.38 bits per heavy atom. The number of pyridine rings is 1. The molecule has 1 aromatic carbocycles. The molecule has 0 aliphatic rings. The van der Waals surface area contributed by atoms with E-state index in [9.17, 15) is 4.79 Å². The highest BCUT2D eigenvalue weighted by Crippen LogP contribution is 2.38. The zero-order chi connectivity index (χ0) is 15.6. The van der Waals surface area contributed by atoms with Crippen LogP contribution in [-0.2, 0) is 11.2 Å². The number of hydrogen-bond donors (Lipinski definition) is 1. The van der Waals surface area contributed by atoms with E-state index in [1.54, 1.807) is 18.2 Å². The SMILES string of the molecule is COc1ncc(-c2c(Cl)cc(Cl)cc2Cl)cc1CC(=O)O. The lowest BCUT2D eigenvalue weighted by Crippen LogP contribution is -2.04. The summed E-state index contributed by atoms with van der Waals surface area (Å²) in [7, 11) is 1.43. The van der Waals surface area contributed by atoms with E-state index in [1.807, 2.05) is 0 Å². The fraction of sp³-hybridized carbons (Fsp3) is 0.143. The van der Waals surface area contributed by atoms with Crippen LogP contribution in [0.15, 0.2) is 24.4 Å². The van der Waals surface area contributed by atoms with Crippen LogP contribution >= 0.6 is 34.8 Å². The van der Waals surface area contributed by atoms with Gasteiger partial charge < -0.3 is 9.84 Å². The molecule has 1 heterocycles. The molecule has 0 fully saturated rings. The van der Waals surface area contributed by atoms with Crippen molar-refractivity contribution in [3.63, 3.8) is 0 Å². The zero-order valence-electron chi connectivity index (χ0n) is 10.9. The molecule has 0 atom stereocenters. The van der Waals surface area contributed by atoms with Crippen LogP contribution in [0.25, 0.3) is 11.1 Å². The monoisotopic (exact) mass is 345 g/mol. The molecule has 2 aromatic rings. The molecule has 0 saturated carbocycles. The van der Waals surface area contributed by atoms with E-state index < -0.39 is 5.97 Å². The van der Waals surface area contributed by atoms with E-state index in [4.69, 9.17) is 44.6 Å². The van der Waals surface area contributed by atoms with Gasteiger partial charge in [0.2, 0.25) is 5.88 Å². The molecule has 0 spiro atoms. The number of nitrogens with zero attached hydrogens (tertiary/aromatic N) is 1. The molecular formula is C14H10Cl3NO3. The summed E-state index contributed by atoms with van der Waals surface area (Å²) in [5, 5.41) is 10.1. The molecular weight excluding hydrogens is 337 g/mol. The van der Waals surface area contributed by atoms with E-state index >= 15 is 0 Å². The molecule has 0 radical (unpaired) electrons. The Hall–Kier alpha value is -1.49. The Bertz CT molecular complexity index is 681. The summed E-state index contributed by atoms with van der Waals surface area (Å²) >= 11 is 18.2. The van der Waals surface area contributed by atoms with Gasteiger partial charge in [0.15, 0.2) is 0 Å². The number of carbonyl (C=O) groups is 1. The maximum atomic E-state index is 10.9. The van der Waals surface area contributed by atoms with Gasteiger partial charge in [0.05, 0.1) is 23.6 Å². The Kier molecular flexibility index (Phi) is 4.93. The second kappa shape index (κ2) is 6.52. The van der Waals surface area contributed by atoms with Crippen LogP contribution in [0.1, 0.15) is 5.56 Å². The lowest BCUT2D eigenvalue weighted by molar-refractivity contribution is -0.136. The highest BCUT2D eigenvalue weighted by atomic mass is 35.5. The number of methoxy groups -OCH3 is 1. The van der Waals surface area contributed by atoms with Gasteiger partial charge in [-0.1, -0.05) is 34.8 Å². The van der Waals surface area contributed by atoms with Gasteiger partial charge in [0, 0.05) is 27.9 Å². The lowest BCUT2D eigenvalue weighted by atomic mass is 10.0. The lowest BCUT2D eigenvalue weighted by Gasteiger charge is -2.11. The van der Waals surface area contributed by atoms with Gasteiger partial charge in [-0.2, -0.15) is 0 Å². The van der Waals surface area contributed by atoms with Crippen LogP contribution in [0.3, 0.4) is 0 Å². The third-order valence-corrected chi connectivity index (χ3v) is 3.57. The topological polar surface area (TPSA) is 59.4 Å². The van der Waals surface area contributed by atoms with Crippen LogP contribution in [0, 0.1) is 0 Å². The molecule has 21 heavy (non-hydrogen) atoms. The first-order valence-corrected chi connectivity index (χ1v) is 6.95. The maximum Gasteiger partial charge on any atom is 0.308 e. The summed E-state index contributed by atoms with van der Waals surface area (Å²) in [6.45, 7) is 0. The average molecular weight is 347 g/mol. The van der Waals surface area contributed by atoms with Crippen molar-refractivity contribution in [1.29, 1.82) is 0 Å². The van der Waals surface area contributed by atoms with Crippen molar-refractivity contribution in [2.75, 3.05) is 7.11 Å². The Morgan fingerprint density at radius 2 is 1.86 bits per heavy atom. The van der Waals surface area contributed by atoms with E-state index in [0.29, 0.717) is 31.8 Å². The van der Waals surface area contributed by atoms with Crippen LogP contribution in [0.4, 0.5) is 0 Å². The molecule has 7 heteroatoms. The van der Waals surface area contributed by atoms with Gasteiger partial charge in [0.25, 0.3) is 0 Å². The smallest absolute Gasteiger partial charge is 0.308 e. The predicted octanol–water partition coefficient (Wildman–Crippen LogP) is 4.34. The second-order valence-electron chi connectivity index (χ2n) is 4.21. The number of halogens is 3. The van der Waals surface area contributed by atoms with Crippen molar-refractivity contribution in [2.45, 2.75) is 6.42 Å². The number of carboxylic acid groups (broad SMARTS) is 1. The summed E-state index contributed by atoms with van der Waals surface area (Å²) in [5.41, 5.74) is 1.58. The van der Waals surface area contributed by atoms with Gasteiger partial charge >= 0.3 is 5.97 Å². The molecule has 1 N–H and O–H groups in total. The van der Waals surface area contributed by atoms with Crippen LogP contribution in [0.5, 0.6) is 5.88 Å². The van der Waals surface area contributed by atoms with Crippen molar-refractivity contribution in [3.8, 4) is 17.0 Å². The number of carboxylic acids is 1. The van der Waals surface area contributed by atoms with Gasteiger partial charge in [-0.05, 0) is 18.2 Å². The number of ether oxygens (including phenoxy) is 1. The predicted molar refractivity (Wildman–Crippen MR) is 82.6 cm³/mol. The standard InChI is InChI=1S/C14H10Cl3NO3/c1-21-14-7(3-12(19)20)2-8(6-18-14)13-10(16)4-9(15)5-11(13)17/h2,4-6H,3H2,1H3,(H,19,20). The molecule has 0 saturated heterocycles. The maximum absolute atomic E-state index is 10.9. The van der Waals surface area contributed by atoms with Crippen molar-refractivity contribution < 1.29 is 14.6 Å². The normalized spacial score (nSPS) is 10.5. The first-order valence-electron chi connectivity index (χ1n) is 5.82. The second-order valence-corrected chi connectivity index (χ2v) is 5.46. The quantitative estimate of drug-likeness (QED) is 0.894. The average Bonchev–Trinajstić information content (AvgIpc) is 2.37. The van der Waals surface area contributed by atoms with Crippen molar-refractivity contribution >= 4 is 40.8 Å². The highest BCUT2D eigenvalue weighted by Gasteiger charge is 2.15. The van der Waals surface area contributed by atoms with E-state index in [0.717, 1.165) is 0 Å². The van der Waals surface area contributed by atoms with Crippen molar-refractivity contribution in [3.05, 3.63) is 45.0 Å². The van der Waals surface area contributed by atoms with Crippen molar-refractivity contribution in [2.24, 2.45) is 0 Å². The Morgan fingerprint density at radius 1 is 1.24 bits per heavy atom. The minimum Gasteiger partial charge on any atom is -0.481 e. The summed E-state index contributed by atoms with van der Waals surface area (Å²) in [6, 6.07) is 4.76. The molecule has 110 valence electrons. The van der Waals surface area contributed by atoms with Crippen molar-refractivity contribution in [1.82, 2.24) is 4.98 Å². The Balaban J connectivity index is 2.57. The molecule has 0 aliphatic carbocycles. The van der Waals surface area contributed by atoms with Crippen LogP contribution in [0.2, 0.25) is 15.1 Å². The fourth-order valence-corrected chi connectivity index (χ4v) is 2.96. The minimum atomic E-state index is -0.986. The van der Waals surface area contributed by atoms with Gasteiger partial charge in [-0.25, -0.2) is 4.98 Å². The molecule has 0 aliphatic heterocycles. The zero-order valence-corrected chi connectivity index (χ0v) is 13.1. The van der Waals surface area contributed by atoms with Gasteiger partial charge in [0.1, 0.15) is 0 Å². The Labute approximate surface area is 136 Å². The van der Waals surface area contributed by atoms with Crippen LogP contribution in [-0.4, -0.2) is 23.2 Å². The molecule has 2 rings (SSSR count). The first-order chi connectivity index (χ1) is 9.92. The van der Waals surface area contributed by atoms with Gasteiger partial charge in [-0.3, -0.25) is 4.79 Å². The molecule has 1 aromatic heterocycles. The summed E-state index contributed by atoms with van der Waals surface area (Å²) in [5.74, 6) is -0.733. The third-order valence-electron chi connectivity index (χ3n) is 2.76. The fourth-order valence-electron chi connectivity index (χ4n) is 1.93. The van der Waals surface area contributed by atoms with Crippen LogP contribution < -0.4 is 4.74 Å². The first kappa shape index (κ1) is 15.9. The summed E-state index contributed by atoms with van der Waals surface area (Å²) in [6.07, 6.45) is 1.30. The van der Waals surface area contributed by atoms with E-state index in [-0.39, 0.29) is 12.3 Å². The molecule has 4 nitrogen and oxygen atoms in total. The number of benzene rings is 1. The molecule has 0 bridgehead atoms. The highest BCUT2D eigenvalue weighted by molar-refractivity contribution is 6.41. The van der Waals surface area contributed by atoms with E-state index in [2.05, 4.69) is 4.98 Å². The number of rotatable bonds is 4. The van der Waals surface area contributed by atoms with Gasteiger partial charge in [-0.15, -0.1) is 0 Å². The molecule has 0 unspecified atom stereocenters. The third kappa shape index (κ3) is 3.59. The minimum absolute atomic E-state index is 0.215. The largest absolute Gasteiger partial charge is 0.481 e. The number of aromatic nitrogens is 1. The number of hydrogen-bond acceptors (Lipinski definition) is 3.